The summed E-state index contributed by atoms with van der Waals surface area (Å²) in [6.45, 7) is 3.11. The maximum Gasteiger partial charge on any atom is 0.231 e. The summed E-state index contributed by atoms with van der Waals surface area (Å²) in [5.41, 5.74) is 3.42. The highest BCUT2D eigenvalue weighted by molar-refractivity contribution is 6.30. The molecule has 0 fully saturated rings. The fourth-order valence-corrected chi connectivity index (χ4v) is 2.29. The summed E-state index contributed by atoms with van der Waals surface area (Å²) in [4.78, 5) is 0. The molecule has 0 bridgehead atoms. The zero-order valence-corrected chi connectivity index (χ0v) is 11.3. The van der Waals surface area contributed by atoms with Gasteiger partial charge in [-0.05, 0) is 42.3 Å². The number of halogens is 1. The van der Waals surface area contributed by atoms with E-state index in [4.69, 9.17) is 21.1 Å². The zero-order chi connectivity index (χ0) is 13.2. The maximum absolute atomic E-state index is 5.95. The third-order valence-electron chi connectivity index (χ3n) is 3.16. The van der Waals surface area contributed by atoms with Crippen LogP contribution in [0.5, 0.6) is 11.5 Å². The Balaban J connectivity index is 1.72. The second-order valence-corrected chi connectivity index (χ2v) is 4.93. The second kappa shape index (κ2) is 5.02. The van der Waals surface area contributed by atoms with Crippen LogP contribution >= 0.6 is 11.6 Å². The van der Waals surface area contributed by atoms with Gasteiger partial charge in [-0.2, -0.15) is 0 Å². The van der Waals surface area contributed by atoms with Crippen LogP contribution in [0.25, 0.3) is 0 Å². The van der Waals surface area contributed by atoms with Crippen LogP contribution in [0.4, 0.5) is 5.69 Å². The molecule has 0 saturated carbocycles. The van der Waals surface area contributed by atoms with Gasteiger partial charge >= 0.3 is 0 Å². The molecule has 0 saturated heterocycles. The minimum absolute atomic E-state index is 0.301. The van der Waals surface area contributed by atoms with E-state index in [1.165, 1.54) is 11.1 Å². The average molecular weight is 276 g/mol. The molecule has 0 aliphatic carbocycles. The molecule has 3 nitrogen and oxygen atoms in total. The molecule has 19 heavy (non-hydrogen) atoms. The van der Waals surface area contributed by atoms with Crippen LogP contribution in [0.1, 0.15) is 11.1 Å². The monoisotopic (exact) mass is 275 g/mol. The van der Waals surface area contributed by atoms with E-state index >= 15 is 0 Å². The molecule has 0 spiro atoms. The van der Waals surface area contributed by atoms with Gasteiger partial charge in [0.1, 0.15) is 0 Å². The fraction of sp³-hybridized carbons (Fsp3) is 0.200. The van der Waals surface area contributed by atoms with E-state index < -0.39 is 0 Å². The van der Waals surface area contributed by atoms with Crippen LogP contribution in [0.15, 0.2) is 36.4 Å². The summed E-state index contributed by atoms with van der Waals surface area (Å²) >= 11 is 5.95. The number of rotatable bonds is 3. The molecule has 1 heterocycles. The Kier molecular flexibility index (Phi) is 3.22. The lowest BCUT2D eigenvalue weighted by atomic mass is 10.1. The van der Waals surface area contributed by atoms with Crippen molar-refractivity contribution in [3.63, 3.8) is 0 Å². The fourth-order valence-electron chi connectivity index (χ4n) is 2.06. The van der Waals surface area contributed by atoms with E-state index in [0.717, 1.165) is 28.8 Å². The predicted molar refractivity (Wildman–Crippen MR) is 76.1 cm³/mol. The van der Waals surface area contributed by atoms with Crippen LogP contribution in [-0.4, -0.2) is 6.79 Å². The Morgan fingerprint density at radius 1 is 1.11 bits per heavy atom. The quantitative estimate of drug-likeness (QED) is 0.919. The number of aryl methyl sites for hydroxylation is 1. The average Bonchev–Trinajstić information content (AvgIpc) is 2.85. The van der Waals surface area contributed by atoms with Crippen molar-refractivity contribution in [2.24, 2.45) is 0 Å². The van der Waals surface area contributed by atoms with Gasteiger partial charge in [-0.15, -0.1) is 0 Å². The van der Waals surface area contributed by atoms with Crippen LogP contribution in [-0.2, 0) is 6.54 Å². The van der Waals surface area contributed by atoms with Crippen molar-refractivity contribution >= 4 is 17.3 Å². The normalized spacial score (nSPS) is 12.5. The van der Waals surface area contributed by atoms with Crippen LogP contribution in [0.2, 0.25) is 5.02 Å². The van der Waals surface area contributed by atoms with Gasteiger partial charge in [-0.25, -0.2) is 0 Å². The predicted octanol–water partition coefficient (Wildman–Crippen LogP) is 3.99. The van der Waals surface area contributed by atoms with Gasteiger partial charge < -0.3 is 14.8 Å². The van der Waals surface area contributed by atoms with E-state index in [0.29, 0.717) is 6.79 Å². The van der Waals surface area contributed by atoms with E-state index in [9.17, 15) is 0 Å². The number of ether oxygens (including phenoxy) is 2. The van der Waals surface area contributed by atoms with Crippen molar-refractivity contribution in [3.05, 3.63) is 52.5 Å². The largest absolute Gasteiger partial charge is 0.454 e. The standard InChI is InChI=1S/C15H14ClNO2/c1-10-6-12(16)3-2-11(10)8-17-13-4-5-14-15(7-13)19-9-18-14/h2-7,17H,8-9H2,1H3. The summed E-state index contributed by atoms with van der Waals surface area (Å²) in [6.07, 6.45) is 0. The topological polar surface area (TPSA) is 30.5 Å². The maximum atomic E-state index is 5.95. The van der Waals surface area contributed by atoms with Crippen molar-refractivity contribution in [1.29, 1.82) is 0 Å². The summed E-state index contributed by atoms with van der Waals surface area (Å²) in [6, 6.07) is 11.8. The summed E-state index contributed by atoms with van der Waals surface area (Å²) in [5, 5.41) is 4.14. The van der Waals surface area contributed by atoms with Gasteiger partial charge in [-0.3, -0.25) is 0 Å². The summed E-state index contributed by atoms with van der Waals surface area (Å²) in [5.74, 6) is 1.59. The number of anilines is 1. The molecule has 0 aromatic heterocycles. The van der Waals surface area contributed by atoms with Gasteiger partial charge in [0.2, 0.25) is 6.79 Å². The molecule has 2 aromatic rings. The molecular weight excluding hydrogens is 262 g/mol. The number of hydrogen-bond donors (Lipinski definition) is 1. The number of hydrogen-bond acceptors (Lipinski definition) is 3. The smallest absolute Gasteiger partial charge is 0.231 e. The van der Waals surface area contributed by atoms with Crippen molar-refractivity contribution in [2.45, 2.75) is 13.5 Å². The second-order valence-electron chi connectivity index (χ2n) is 4.49. The highest BCUT2D eigenvalue weighted by Crippen LogP contribution is 2.34. The van der Waals surface area contributed by atoms with Gasteiger partial charge in [0.25, 0.3) is 0 Å². The number of nitrogens with one attached hydrogen (secondary N) is 1. The molecule has 0 radical (unpaired) electrons. The van der Waals surface area contributed by atoms with Crippen molar-refractivity contribution in [2.75, 3.05) is 12.1 Å². The Hall–Kier alpha value is -1.87. The minimum atomic E-state index is 0.301. The number of benzene rings is 2. The molecular formula is C15H14ClNO2. The molecule has 2 aromatic carbocycles. The van der Waals surface area contributed by atoms with Gasteiger partial charge in [0, 0.05) is 23.3 Å². The van der Waals surface area contributed by atoms with E-state index in [1.807, 2.05) is 36.4 Å². The third-order valence-corrected chi connectivity index (χ3v) is 3.40. The first-order valence-corrected chi connectivity index (χ1v) is 6.49. The highest BCUT2D eigenvalue weighted by Gasteiger charge is 2.13. The summed E-state index contributed by atoms with van der Waals surface area (Å²) < 4.78 is 10.6. The first-order chi connectivity index (χ1) is 9.22. The van der Waals surface area contributed by atoms with Crippen LogP contribution < -0.4 is 14.8 Å². The minimum Gasteiger partial charge on any atom is -0.454 e. The van der Waals surface area contributed by atoms with Gasteiger partial charge in [-0.1, -0.05) is 17.7 Å². The van der Waals surface area contributed by atoms with E-state index in [1.54, 1.807) is 0 Å². The molecule has 1 aliphatic rings. The molecule has 3 rings (SSSR count). The Morgan fingerprint density at radius 2 is 1.95 bits per heavy atom. The third kappa shape index (κ3) is 2.61. The lowest BCUT2D eigenvalue weighted by Gasteiger charge is -2.10. The van der Waals surface area contributed by atoms with Crippen molar-refractivity contribution in [3.8, 4) is 11.5 Å². The van der Waals surface area contributed by atoms with E-state index in [-0.39, 0.29) is 0 Å². The molecule has 1 aliphatic heterocycles. The molecule has 0 atom stereocenters. The van der Waals surface area contributed by atoms with Crippen LogP contribution in [0, 0.1) is 6.92 Å². The van der Waals surface area contributed by atoms with Crippen molar-refractivity contribution in [1.82, 2.24) is 0 Å². The van der Waals surface area contributed by atoms with Crippen molar-refractivity contribution < 1.29 is 9.47 Å². The summed E-state index contributed by atoms with van der Waals surface area (Å²) in [7, 11) is 0. The first-order valence-electron chi connectivity index (χ1n) is 6.11. The molecule has 1 N–H and O–H groups in total. The number of fused-ring (bicyclic) bond motifs is 1. The lowest BCUT2D eigenvalue weighted by Crippen LogP contribution is -2.01. The SMILES string of the molecule is Cc1cc(Cl)ccc1CNc1ccc2c(c1)OCO2. The first kappa shape index (κ1) is 12.2. The zero-order valence-electron chi connectivity index (χ0n) is 10.6. The highest BCUT2D eigenvalue weighted by atomic mass is 35.5. The molecule has 98 valence electrons. The Bertz CT molecular complexity index is 613. The molecule has 4 heteroatoms. The molecule has 0 amide bonds. The molecule has 0 unspecified atom stereocenters. The Morgan fingerprint density at radius 3 is 2.79 bits per heavy atom. The van der Waals surface area contributed by atoms with E-state index in [2.05, 4.69) is 12.2 Å². The van der Waals surface area contributed by atoms with Gasteiger partial charge in [0.05, 0.1) is 0 Å². The Labute approximate surface area is 117 Å². The van der Waals surface area contributed by atoms with Gasteiger partial charge in [0.15, 0.2) is 11.5 Å². The lowest BCUT2D eigenvalue weighted by molar-refractivity contribution is 0.174. The van der Waals surface area contributed by atoms with Crippen LogP contribution in [0.3, 0.4) is 0 Å².